The van der Waals surface area contributed by atoms with Gasteiger partial charge in [-0.3, -0.25) is 4.79 Å². The average molecular weight is 393 g/mol. The van der Waals surface area contributed by atoms with Crippen molar-refractivity contribution in [1.29, 1.82) is 0 Å². The number of hydrogen-bond acceptors (Lipinski definition) is 5. The van der Waals surface area contributed by atoms with Crippen molar-refractivity contribution in [2.45, 2.75) is 6.92 Å². The minimum Gasteiger partial charge on any atom is -0.493 e. The van der Waals surface area contributed by atoms with Crippen LogP contribution in [0.25, 0.3) is 6.08 Å². The molecule has 0 amide bonds. The quantitative estimate of drug-likeness (QED) is 0.380. The Kier molecular flexibility index (Phi) is 7.37. The maximum absolute atomic E-state index is 13.1. The number of esters is 1. The minimum absolute atomic E-state index is 0.134. The van der Waals surface area contributed by atoms with Gasteiger partial charge in [0.2, 0.25) is 0 Å². The molecule has 0 unspecified atom stereocenters. The predicted octanol–water partition coefficient (Wildman–Crippen LogP) is 4.33. The summed E-state index contributed by atoms with van der Waals surface area (Å²) in [6.07, 6.45) is 2.63. The molecular formula is C20H18ClFO5. The molecule has 0 N–H and O–H groups in total. The van der Waals surface area contributed by atoms with E-state index in [4.69, 9.17) is 25.8 Å². The summed E-state index contributed by atoms with van der Waals surface area (Å²) < 4.78 is 28.6. The van der Waals surface area contributed by atoms with E-state index in [2.05, 4.69) is 0 Å². The molecule has 0 aromatic heterocycles. The largest absolute Gasteiger partial charge is 0.493 e. The molecule has 0 spiro atoms. The number of Topliss-reactive ketones (excluding diaryl/α,β-unsaturated/α-hetero) is 1. The zero-order chi connectivity index (χ0) is 19.8. The highest BCUT2D eigenvalue weighted by Gasteiger charge is 2.12. The lowest BCUT2D eigenvalue weighted by Crippen LogP contribution is -2.12. The van der Waals surface area contributed by atoms with E-state index >= 15 is 0 Å². The first-order valence-electron chi connectivity index (χ1n) is 8.08. The van der Waals surface area contributed by atoms with E-state index in [0.717, 1.165) is 12.1 Å². The Bertz CT molecular complexity index is 863. The maximum atomic E-state index is 13.1. The molecule has 0 atom stereocenters. The van der Waals surface area contributed by atoms with Crippen LogP contribution in [0.2, 0.25) is 5.02 Å². The van der Waals surface area contributed by atoms with E-state index in [0.29, 0.717) is 28.7 Å². The molecule has 0 aliphatic rings. The van der Waals surface area contributed by atoms with Crippen molar-refractivity contribution in [2.24, 2.45) is 0 Å². The van der Waals surface area contributed by atoms with Gasteiger partial charge in [0.25, 0.3) is 0 Å². The molecule has 0 heterocycles. The second-order valence-electron chi connectivity index (χ2n) is 5.34. The fourth-order valence-electron chi connectivity index (χ4n) is 2.21. The molecule has 0 radical (unpaired) electrons. The summed E-state index contributed by atoms with van der Waals surface area (Å²) in [5.41, 5.74) is 0.725. The van der Waals surface area contributed by atoms with Gasteiger partial charge in [-0.1, -0.05) is 23.7 Å². The number of carbonyl (C=O) groups is 2. The first kappa shape index (κ1) is 20.5. The van der Waals surface area contributed by atoms with Crippen LogP contribution in [0, 0.1) is 5.82 Å². The summed E-state index contributed by atoms with van der Waals surface area (Å²) in [5, 5.41) is 0.338. The van der Waals surface area contributed by atoms with E-state index in [1.165, 1.54) is 31.4 Å². The van der Waals surface area contributed by atoms with E-state index in [9.17, 15) is 14.0 Å². The number of ketones is 1. The third-order valence-electron chi connectivity index (χ3n) is 3.44. The van der Waals surface area contributed by atoms with Gasteiger partial charge in [-0.15, -0.1) is 0 Å². The van der Waals surface area contributed by atoms with Crippen LogP contribution >= 0.6 is 11.6 Å². The van der Waals surface area contributed by atoms with Crippen LogP contribution < -0.4 is 9.47 Å². The van der Waals surface area contributed by atoms with E-state index in [-0.39, 0.29) is 5.56 Å². The molecule has 2 rings (SSSR count). The molecule has 0 fully saturated rings. The highest BCUT2D eigenvalue weighted by atomic mass is 35.5. The Morgan fingerprint density at radius 3 is 2.67 bits per heavy atom. The molecular weight excluding hydrogens is 375 g/mol. The number of carbonyl (C=O) groups excluding carboxylic acids is 2. The van der Waals surface area contributed by atoms with Gasteiger partial charge in [-0.2, -0.15) is 0 Å². The number of ether oxygens (including phenoxy) is 3. The van der Waals surface area contributed by atoms with Crippen LogP contribution in [0.4, 0.5) is 4.39 Å². The van der Waals surface area contributed by atoms with Crippen LogP contribution in [-0.4, -0.2) is 32.1 Å². The number of rotatable bonds is 8. The Morgan fingerprint density at radius 1 is 1.22 bits per heavy atom. The molecule has 142 valence electrons. The Hall–Kier alpha value is -2.86. The fourth-order valence-corrected chi connectivity index (χ4v) is 2.49. The second kappa shape index (κ2) is 9.73. The smallest absolute Gasteiger partial charge is 0.331 e. The van der Waals surface area contributed by atoms with Crippen molar-refractivity contribution in [1.82, 2.24) is 0 Å². The van der Waals surface area contributed by atoms with E-state index in [1.54, 1.807) is 12.1 Å². The van der Waals surface area contributed by atoms with Crippen LogP contribution in [-0.2, 0) is 9.53 Å². The highest BCUT2D eigenvalue weighted by Crippen LogP contribution is 2.36. The highest BCUT2D eigenvalue weighted by molar-refractivity contribution is 6.32. The number of halogens is 2. The van der Waals surface area contributed by atoms with Gasteiger partial charge in [0, 0.05) is 11.6 Å². The average Bonchev–Trinajstić information content (AvgIpc) is 2.66. The van der Waals surface area contributed by atoms with Crippen LogP contribution in [0.3, 0.4) is 0 Å². The lowest BCUT2D eigenvalue weighted by molar-refractivity contribution is -0.136. The molecule has 5 nitrogen and oxygen atoms in total. The molecule has 0 bridgehead atoms. The van der Waals surface area contributed by atoms with E-state index < -0.39 is 24.2 Å². The van der Waals surface area contributed by atoms with Crippen molar-refractivity contribution in [3.63, 3.8) is 0 Å². The Balaban J connectivity index is 2.00. The van der Waals surface area contributed by atoms with Gasteiger partial charge < -0.3 is 14.2 Å². The Morgan fingerprint density at radius 2 is 2.00 bits per heavy atom. The Labute approximate surface area is 161 Å². The molecule has 0 saturated carbocycles. The fraction of sp³-hybridized carbons (Fsp3) is 0.200. The van der Waals surface area contributed by atoms with Gasteiger partial charge in [0.15, 0.2) is 23.9 Å². The van der Waals surface area contributed by atoms with Gasteiger partial charge in [0.05, 0.1) is 18.7 Å². The SMILES string of the molecule is CCOc1c(Cl)cc(/C=C/C(=O)OCC(=O)c2cccc(F)c2)cc1OC. The maximum Gasteiger partial charge on any atom is 0.331 e. The number of hydrogen-bond donors (Lipinski definition) is 0. The molecule has 2 aromatic carbocycles. The lowest BCUT2D eigenvalue weighted by atomic mass is 10.1. The summed E-state index contributed by atoms with van der Waals surface area (Å²) in [6.45, 7) is 1.77. The molecule has 2 aromatic rings. The van der Waals surface area contributed by atoms with Crippen LogP contribution in [0.15, 0.2) is 42.5 Å². The zero-order valence-corrected chi connectivity index (χ0v) is 15.6. The van der Waals surface area contributed by atoms with Gasteiger partial charge in [-0.25, -0.2) is 9.18 Å². The number of benzene rings is 2. The lowest BCUT2D eigenvalue weighted by Gasteiger charge is -2.11. The summed E-state index contributed by atoms with van der Waals surface area (Å²) >= 11 is 6.16. The normalized spacial score (nSPS) is 10.7. The van der Waals surface area contributed by atoms with Crippen molar-refractivity contribution in [2.75, 3.05) is 20.3 Å². The molecule has 0 aliphatic heterocycles. The van der Waals surface area contributed by atoms with E-state index in [1.807, 2.05) is 6.92 Å². The number of methoxy groups -OCH3 is 1. The monoisotopic (exact) mass is 392 g/mol. The van der Waals surface area contributed by atoms with Crippen molar-refractivity contribution in [3.05, 3.63) is 64.4 Å². The topological polar surface area (TPSA) is 61.8 Å². The van der Waals surface area contributed by atoms with Gasteiger partial charge in [0.1, 0.15) is 5.82 Å². The second-order valence-corrected chi connectivity index (χ2v) is 5.75. The summed E-state index contributed by atoms with van der Waals surface area (Å²) in [4.78, 5) is 23.7. The minimum atomic E-state index is -0.719. The van der Waals surface area contributed by atoms with Crippen LogP contribution in [0.5, 0.6) is 11.5 Å². The van der Waals surface area contributed by atoms with Gasteiger partial charge >= 0.3 is 5.97 Å². The predicted molar refractivity (Wildman–Crippen MR) is 99.9 cm³/mol. The van der Waals surface area contributed by atoms with Crippen LogP contribution in [0.1, 0.15) is 22.8 Å². The molecule has 7 heteroatoms. The van der Waals surface area contributed by atoms with Crippen molar-refractivity contribution >= 4 is 29.4 Å². The summed E-state index contributed by atoms with van der Waals surface area (Å²) in [6, 6.07) is 8.42. The molecule has 0 saturated heterocycles. The zero-order valence-electron chi connectivity index (χ0n) is 14.8. The third-order valence-corrected chi connectivity index (χ3v) is 3.73. The third kappa shape index (κ3) is 5.82. The first-order chi connectivity index (χ1) is 12.9. The van der Waals surface area contributed by atoms with Gasteiger partial charge in [-0.05, 0) is 42.8 Å². The molecule has 0 aliphatic carbocycles. The molecule has 27 heavy (non-hydrogen) atoms. The van der Waals surface area contributed by atoms with Crippen molar-refractivity contribution < 1.29 is 28.2 Å². The standard InChI is InChI=1S/C20H18ClFO5/c1-3-26-20-16(21)9-13(10-18(20)25-2)7-8-19(24)27-12-17(23)14-5-4-6-15(22)11-14/h4-11H,3,12H2,1-2H3/b8-7+. The van der Waals surface area contributed by atoms with Crippen molar-refractivity contribution in [3.8, 4) is 11.5 Å². The summed E-state index contributed by atoms with van der Waals surface area (Å²) in [7, 11) is 1.48. The first-order valence-corrected chi connectivity index (χ1v) is 8.46. The summed E-state index contributed by atoms with van der Waals surface area (Å²) in [5.74, 6) is -0.903.